The van der Waals surface area contributed by atoms with Gasteiger partial charge in [-0.1, -0.05) is 65.3 Å². The summed E-state index contributed by atoms with van der Waals surface area (Å²) < 4.78 is 48.3. The second-order valence-electron chi connectivity index (χ2n) is 25.7. The second-order valence-corrected chi connectivity index (χ2v) is 25.7. The number of allylic oxidation sites excluding steroid dienone is 4. The van der Waals surface area contributed by atoms with Crippen LogP contribution in [0.4, 0.5) is 0 Å². The molecule has 0 amide bonds. The number of aliphatic hydroxyl groups excluding tert-OH is 10. The molecule has 0 bridgehead atoms. The molecule has 22 nitrogen and oxygen atoms in total. The van der Waals surface area contributed by atoms with Gasteiger partial charge < -0.3 is 94.1 Å². The van der Waals surface area contributed by atoms with Gasteiger partial charge in [0.15, 0.2) is 25.0 Å². The van der Waals surface area contributed by atoms with Crippen molar-refractivity contribution in [2.45, 2.75) is 225 Å². The van der Waals surface area contributed by atoms with Crippen molar-refractivity contribution in [3.63, 3.8) is 0 Å². The van der Waals surface area contributed by atoms with Crippen LogP contribution in [0.25, 0.3) is 0 Å². The fourth-order valence-electron chi connectivity index (χ4n) is 16.0. The smallest absolute Gasteiger partial charge is 0.333 e. The number of carboxylic acids is 1. The van der Waals surface area contributed by atoms with Crippen molar-refractivity contribution in [3.8, 4) is 0 Å². The first-order chi connectivity index (χ1) is 37.0. The third-order valence-corrected chi connectivity index (χ3v) is 21.3. The van der Waals surface area contributed by atoms with Gasteiger partial charge in [-0.3, -0.25) is 4.79 Å². The molecule has 25 atom stereocenters. The van der Waals surface area contributed by atoms with Crippen molar-refractivity contribution in [2.24, 2.45) is 50.2 Å². The van der Waals surface area contributed by atoms with E-state index in [1.165, 1.54) is 0 Å². The summed E-state index contributed by atoms with van der Waals surface area (Å²) in [6.07, 6.45) is -17.4. The molecular formula is C57H88O22. The van der Waals surface area contributed by atoms with Crippen LogP contribution in [-0.4, -0.2) is 205 Å². The molecular weight excluding hydrogens is 1040 g/mol. The Bertz CT molecular complexity index is 2340. The number of esters is 2. The largest absolute Gasteiger partial charge is 0.481 e. The van der Waals surface area contributed by atoms with Crippen molar-refractivity contribution >= 4 is 17.9 Å². The molecule has 0 spiro atoms. The molecule has 5 aliphatic carbocycles. The summed E-state index contributed by atoms with van der Waals surface area (Å²) in [5, 5.41) is 120. The van der Waals surface area contributed by atoms with Gasteiger partial charge in [-0.25, -0.2) is 9.59 Å². The van der Waals surface area contributed by atoms with Gasteiger partial charge in [-0.2, -0.15) is 0 Å². The van der Waals surface area contributed by atoms with Gasteiger partial charge in [0.05, 0.1) is 32.5 Å². The Balaban J connectivity index is 1.04. The number of carbonyl (C=O) groups is 3. The maximum absolute atomic E-state index is 14.2. The van der Waals surface area contributed by atoms with Crippen LogP contribution in [0, 0.1) is 50.2 Å². The molecule has 22 heteroatoms. The van der Waals surface area contributed by atoms with Crippen LogP contribution < -0.4 is 0 Å². The summed E-state index contributed by atoms with van der Waals surface area (Å²) in [7, 11) is 0. The van der Waals surface area contributed by atoms with E-state index in [4.69, 9.17) is 37.9 Å². The summed E-state index contributed by atoms with van der Waals surface area (Å²) in [5.41, 5.74) is -3.08. The van der Waals surface area contributed by atoms with Crippen molar-refractivity contribution < 1.29 is 108 Å². The molecule has 3 saturated heterocycles. The Hall–Kier alpha value is -3.01. The van der Waals surface area contributed by atoms with Crippen LogP contribution in [0.2, 0.25) is 0 Å². The summed E-state index contributed by atoms with van der Waals surface area (Å²) in [5.74, 6) is -3.11. The molecule has 8 rings (SSSR count). The van der Waals surface area contributed by atoms with E-state index in [-0.39, 0.29) is 30.3 Å². The quantitative estimate of drug-likeness (QED) is 0.0505. The molecule has 0 radical (unpaired) electrons. The van der Waals surface area contributed by atoms with E-state index < -0.39 is 175 Å². The Morgan fingerprint density at radius 2 is 1.24 bits per heavy atom. The molecule has 0 aromatic carbocycles. The third kappa shape index (κ3) is 10.1. The lowest BCUT2D eigenvalue weighted by molar-refractivity contribution is -0.387. The summed E-state index contributed by atoms with van der Waals surface area (Å²) >= 11 is 0. The molecule has 0 aromatic heterocycles. The number of aliphatic carboxylic acids is 1. The van der Waals surface area contributed by atoms with Gasteiger partial charge in [0.2, 0.25) is 0 Å². The number of ether oxygens (including phenoxy) is 8. The monoisotopic (exact) mass is 1120 g/mol. The molecule has 7 fully saturated rings. The van der Waals surface area contributed by atoms with E-state index in [0.717, 1.165) is 5.57 Å². The highest BCUT2D eigenvalue weighted by atomic mass is 16.8. The van der Waals surface area contributed by atoms with Crippen molar-refractivity contribution in [1.29, 1.82) is 0 Å². The summed E-state index contributed by atoms with van der Waals surface area (Å²) in [6, 6.07) is 0. The van der Waals surface area contributed by atoms with Gasteiger partial charge in [0.25, 0.3) is 0 Å². The topological polar surface area (TPSA) is 348 Å². The Labute approximate surface area is 461 Å². The van der Waals surface area contributed by atoms with E-state index in [9.17, 15) is 70.6 Å². The van der Waals surface area contributed by atoms with Gasteiger partial charge >= 0.3 is 17.9 Å². The molecule has 3 heterocycles. The lowest BCUT2D eigenvalue weighted by Crippen LogP contribution is -2.70. The third-order valence-electron chi connectivity index (χ3n) is 21.3. The normalized spacial score (nSPS) is 49.0. The molecule has 0 aromatic rings. The van der Waals surface area contributed by atoms with Gasteiger partial charge in [-0.05, 0) is 107 Å². The molecule has 25 unspecified atom stereocenters. The molecule has 3 aliphatic heterocycles. The van der Waals surface area contributed by atoms with Crippen molar-refractivity contribution in [3.05, 3.63) is 34.9 Å². The number of carbonyl (C=O) groups excluding carboxylic acids is 2. The zero-order valence-corrected chi connectivity index (χ0v) is 47.2. The van der Waals surface area contributed by atoms with Crippen LogP contribution in [0.1, 0.15) is 121 Å². The van der Waals surface area contributed by atoms with Crippen LogP contribution in [-0.2, 0) is 52.3 Å². The number of hydrogen-bond acceptors (Lipinski definition) is 21. The number of aliphatic hydroxyl groups is 10. The molecule has 79 heavy (non-hydrogen) atoms. The number of carboxylic acid groups (broad SMARTS) is 1. The Kier molecular flexibility index (Phi) is 18.0. The summed E-state index contributed by atoms with van der Waals surface area (Å²) in [4.78, 5) is 41.5. The number of rotatable bonds is 14. The number of fused-ring (bicyclic) bond motifs is 7. The van der Waals surface area contributed by atoms with Crippen molar-refractivity contribution in [1.82, 2.24) is 0 Å². The van der Waals surface area contributed by atoms with Crippen LogP contribution >= 0.6 is 0 Å². The van der Waals surface area contributed by atoms with Gasteiger partial charge in [-0.15, -0.1) is 0 Å². The van der Waals surface area contributed by atoms with Gasteiger partial charge in [0.1, 0.15) is 78.7 Å². The Morgan fingerprint density at radius 3 is 1.84 bits per heavy atom. The standard InChI is InChI=1S/C57H88O22/c1-11-26(3)46(68)78-44-45(79-47(69)27(4)12-2)57(51(70)71)20-19-55(9)28(29(57)21-52(44,5)6)13-14-34-53(7)17-16-35(54(8,25-60)33(53)15-18-56(34,55)10)75-49-41(67)39(65)42(32(23-59)74-49)76-50-43(38(64)37(63)31(22-58)73-50)77-48-40(66)36(62)30(61)24-72-48/h11-13,29-45,48-50,58-67H,14-25H2,1-10H3,(H,70,71)/b26-11-,27-12-. The maximum Gasteiger partial charge on any atom is 0.333 e. The Morgan fingerprint density at radius 1 is 0.658 bits per heavy atom. The minimum Gasteiger partial charge on any atom is -0.481 e. The van der Waals surface area contributed by atoms with E-state index in [1.807, 2.05) is 20.8 Å². The number of hydrogen-bond donors (Lipinski definition) is 11. The maximum atomic E-state index is 14.2. The fourth-order valence-corrected chi connectivity index (χ4v) is 16.0. The average Bonchev–Trinajstić information content (AvgIpc) is 3.06. The summed E-state index contributed by atoms with van der Waals surface area (Å²) in [6.45, 7) is 16.9. The predicted molar refractivity (Wildman–Crippen MR) is 275 cm³/mol. The minimum absolute atomic E-state index is 0.0382. The lowest BCUT2D eigenvalue weighted by Gasteiger charge is -2.71. The SMILES string of the molecule is C/C=C(/C)C(=O)OC1C(OC(=O)/C(C)=C\C)C2(C(=O)O)CCC3(C)C(=CCC4C5(C)CCC(OC6OC(CO)C(OC7OC(CO)C(O)C(O)C7OC7OCC(O)C(O)C7O)C(O)C6O)C(C)(CO)C5CCC43C)C2CC1(C)C. The highest BCUT2D eigenvalue weighted by Crippen LogP contribution is 2.76. The lowest BCUT2D eigenvalue weighted by atomic mass is 9.33. The van der Waals surface area contributed by atoms with E-state index in [1.54, 1.807) is 39.8 Å². The highest BCUT2D eigenvalue weighted by Gasteiger charge is 2.74. The first-order valence-corrected chi connectivity index (χ1v) is 28.1. The minimum atomic E-state index is -1.88. The first-order valence-electron chi connectivity index (χ1n) is 28.1. The average molecular weight is 1130 g/mol. The molecule has 4 saturated carbocycles. The van der Waals surface area contributed by atoms with Crippen LogP contribution in [0.5, 0.6) is 0 Å². The molecule has 11 N–H and O–H groups in total. The zero-order valence-electron chi connectivity index (χ0n) is 47.2. The van der Waals surface area contributed by atoms with Crippen LogP contribution in [0.15, 0.2) is 34.9 Å². The van der Waals surface area contributed by atoms with Crippen LogP contribution in [0.3, 0.4) is 0 Å². The van der Waals surface area contributed by atoms with Crippen molar-refractivity contribution in [2.75, 3.05) is 26.4 Å². The fraction of sp³-hybridized carbons (Fsp3) is 0.842. The second kappa shape index (κ2) is 22.9. The molecule has 448 valence electrons. The molecule has 8 aliphatic rings. The highest BCUT2D eigenvalue weighted by molar-refractivity contribution is 5.89. The predicted octanol–water partition coefficient (Wildman–Crippen LogP) is 1.29. The van der Waals surface area contributed by atoms with E-state index in [2.05, 4.69) is 26.8 Å². The first kappa shape index (κ1) is 62.0. The van der Waals surface area contributed by atoms with Gasteiger partial charge in [0, 0.05) is 27.9 Å². The van der Waals surface area contributed by atoms with E-state index >= 15 is 0 Å². The van der Waals surface area contributed by atoms with E-state index in [0.29, 0.717) is 56.1 Å². The zero-order chi connectivity index (χ0) is 58.3.